The van der Waals surface area contributed by atoms with E-state index in [0.29, 0.717) is 6.04 Å². The average Bonchev–Trinajstić information content (AvgIpc) is 2.56. The molecular formula is C13H19N. The molecule has 14 heavy (non-hydrogen) atoms. The molecular weight excluding hydrogens is 170 g/mol. The number of benzene rings is 1. The van der Waals surface area contributed by atoms with Crippen LogP contribution in [0.2, 0.25) is 0 Å². The van der Waals surface area contributed by atoms with Gasteiger partial charge in [-0.1, -0.05) is 25.1 Å². The fourth-order valence-electron chi connectivity index (χ4n) is 2.29. The van der Waals surface area contributed by atoms with Gasteiger partial charge in [0.05, 0.1) is 0 Å². The highest BCUT2D eigenvalue weighted by Gasteiger charge is 2.20. The van der Waals surface area contributed by atoms with Crippen molar-refractivity contribution in [2.75, 3.05) is 5.32 Å². The lowest BCUT2D eigenvalue weighted by Gasteiger charge is -2.15. The van der Waals surface area contributed by atoms with Crippen LogP contribution < -0.4 is 5.32 Å². The number of nitrogens with one attached hydrogen (secondary N) is 1. The predicted octanol–water partition coefficient (Wildman–Crippen LogP) is 3.60. The van der Waals surface area contributed by atoms with Crippen molar-refractivity contribution >= 4 is 5.69 Å². The smallest absolute Gasteiger partial charge is 0.0372 e. The zero-order valence-corrected chi connectivity index (χ0v) is 9.09. The molecule has 0 spiro atoms. The molecule has 1 aromatic carbocycles. The molecule has 1 saturated carbocycles. The number of hydrogen-bond donors (Lipinski definition) is 1. The second kappa shape index (κ2) is 4.04. The molecule has 0 unspecified atom stereocenters. The molecule has 2 atom stereocenters. The second-order valence-corrected chi connectivity index (χ2v) is 4.57. The molecule has 0 aliphatic heterocycles. The van der Waals surface area contributed by atoms with Crippen LogP contribution in [0.4, 0.5) is 5.69 Å². The van der Waals surface area contributed by atoms with Crippen LogP contribution in [0, 0.1) is 12.8 Å². The first-order valence-electron chi connectivity index (χ1n) is 5.58. The Bertz CT molecular complexity index is 306. The number of para-hydroxylation sites is 1. The van der Waals surface area contributed by atoms with Crippen LogP contribution in [0.1, 0.15) is 31.7 Å². The Hall–Kier alpha value is -0.980. The standard InChI is InChI=1S/C13H19N/c1-10-7-8-12(9-10)14-13-6-4-3-5-11(13)2/h3-6,10,12,14H,7-9H2,1-2H3/t10-,12-/m0/s1. The summed E-state index contributed by atoms with van der Waals surface area (Å²) in [5.74, 6) is 0.900. The van der Waals surface area contributed by atoms with Crippen molar-refractivity contribution in [3.05, 3.63) is 29.8 Å². The van der Waals surface area contributed by atoms with E-state index in [1.807, 2.05) is 0 Å². The fourth-order valence-corrected chi connectivity index (χ4v) is 2.29. The van der Waals surface area contributed by atoms with Crippen molar-refractivity contribution in [2.24, 2.45) is 5.92 Å². The number of hydrogen-bond acceptors (Lipinski definition) is 1. The molecule has 2 rings (SSSR count). The van der Waals surface area contributed by atoms with Gasteiger partial charge in [-0.25, -0.2) is 0 Å². The average molecular weight is 189 g/mol. The van der Waals surface area contributed by atoms with E-state index in [1.165, 1.54) is 30.5 Å². The summed E-state index contributed by atoms with van der Waals surface area (Å²) in [6.45, 7) is 4.51. The summed E-state index contributed by atoms with van der Waals surface area (Å²) in [5, 5.41) is 3.64. The van der Waals surface area contributed by atoms with Crippen molar-refractivity contribution in [3.63, 3.8) is 0 Å². The summed E-state index contributed by atoms with van der Waals surface area (Å²) in [4.78, 5) is 0. The Balaban J connectivity index is 2.01. The molecule has 0 amide bonds. The summed E-state index contributed by atoms with van der Waals surface area (Å²) in [6.07, 6.45) is 4.04. The Morgan fingerprint density at radius 1 is 1.21 bits per heavy atom. The Morgan fingerprint density at radius 3 is 2.64 bits per heavy atom. The van der Waals surface area contributed by atoms with Gasteiger partial charge in [-0.05, 0) is 43.7 Å². The number of rotatable bonds is 2. The van der Waals surface area contributed by atoms with Gasteiger partial charge in [0.25, 0.3) is 0 Å². The van der Waals surface area contributed by atoms with Gasteiger partial charge in [0, 0.05) is 11.7 Å². The third kappa shape index (κ3) is 2.09. The quantitative estimate of drug-likeness (QED) is 0.749. The van der Waals surface area contributed by atoms with Crippen molar-refractivity contribution in [3.8, 4) is 0 Å². The second-order valence-electron chi connectivity index (χ2n) is 4.57. The molecule has 1 aliphatic rings. The first-order chi connectivity index (χ1) is 6.75. The minimum Gasteiger partial charge on any atom is -0.382 e. The van der Waals surface area contributed by atoms with E-state index in [1.54, 1.807) is 0 Å². The molecule has 1 nitrogen and oxygen atoms in total. The lowest BCUT2D eigenvalue weighted by atomic mass is 10.1. The van der Waals surface area contributed by atoms with E-state index in [4.69, 9.17) is 0 Å². The van der Waals surface area contributed by atoms with Crippen LogP contribution in [0.3, 0.4) is 0 Å². The van der Waals surface area contributed by atoms with Crippen LogP contribution in [-0.4, -0.2) is 6.04 Å². The van der Waals surface area contributed by atoms with Crippen LogP contribution in [0.5, 0.6) is 0 Å². The maximum Gasteiger partial charge on any atom is 0.0372 e. The highest BCUT2D eigenvalue weighted by Crippen LogP contribution is 2.28. The van der Waals surface area contributed by atoms with E-state index in [0.717, 1.165) is 5.92 Å². The van der Waals surface area contributed by atoms with Gasteiger partial charge in [0.1, 0.15) is 0 Å². The molecule has 0 bridgehead atoms. The number of anilines is 1. The highest BCUT2D eigenvalue weighted by atomic mass is 14.9. The Labute approximate surface area is 86.5 Å². The molecule has 0 saturated heterocycles. The van der Waals surface area contributed by atoms with Crippen molar-refractivity contribution in [2.45, 2.75) is 39.2 Å². The lowest BCUT2D eigenvalue weighted by molar-refractivity contribution is 0.602. The molecule has 1 aliphatic carbocycles. The van der Waals surface area contributed by atoms with Crippen molar-refractivity contribution < 1.29 is 0 Å². The normalized spacial score (nSPS) is 26.4. The molecule has 1 aromatic rings. The molecule has 0 aromatic heterocycles. The van der Waals surface area contributed by atoms with Gasteiger partial charge < -0.3 is 5.32 Å². The van der Waals surface area contributed by atoms with Crippen molar-refractivity contribution in [1.82, 2.24) is 0 Å². The molecule has 1 N–H and O–H groups in total. The minimum atomic E-state index is 0.700. The first-order valence-corrected chi connectivity index (χ1v) is 5.58. The van der Waals surface area contributed by atoms with E-state index < -0.39 is 0 Å². The topological polar surface area (TPSA) is 12.0 Å². The van der Waals surface area contributed by atoms with Gasteiger partial charge in [-0.2, -0.15) is 0 Å². The molecule has 0 heterocycles. The largest absolute Gasteiger partial charge is 0.382 e. The predicted molar refractivity (Wildman–Crippen MR) is 61.6 cm³/mol. The summed E-state index contributed by atoms with van der Waals surface area (Å²) in [5.41, 5.74) is 2.67. The summed E-state index contributed by atoms with van der Waals surface area (Å²) in [7, 11) is 0. The van der Waals surface area contributed by atoms with Gasteiger partial charge >= 0.3 is 0 Å². The fraction of sp³-hybridized carbons (Fsp3) is 0.538. The maximum atomic E-state index is 3.64. The third-order valence-corrected chi connectivity index (χ3v) is 3.20. The minimum absolute atomic E-state index is 0.700. The Kier molecular flexibility index (Phi) is 2.76. The van der Waals surface area contributed by atoms with Crippen molar-refractivity contribution in [1.29, 1.82) is 0 Å². The molecule has 1 heteroatoms. The van der Waals surface area contributed by atoms with E-state index in [9.17, 15) is 0 Å². The highest BCUT2D eigenvalue weighted by molar-refractivity contribution is 5.51. The maximum absolute atomic E-state index is 3.64. The SMILES string of the molecule is Cc1ccccc1N[C@H]1CC[C@H](C)C1. The Morgan fingerprint density at radius 2 is 2.00 bits per heavy atom. The monoisotopic (exact) mass is 189 g/mol. The van der Waals surface area contributed by atoms with E-state index in [-0.39, 0.29) is 0 Å². The van der Waals surface area contributed by atoms with Gasteiger partial charge in [-0.15, -0.1) is 0 Å². The third-order valence-electron chi connectivity index (χ3n) is 3.20. The molecule has 0 radical (unpaired) electrons. The van der Waals surface area contributed by atoms with E-state index in [2.05, 4.69) is 43.4 Å². The summed E-state index contributed by atoms with van der Waals surface area (Å²) >= 11 is 0. The van der Waals surface area contributed by atoms with E-state index >= 15 is 0 Å². The summed E-state index contributed by atoms with van der Waals surface area (Å²) < 4.78 is 0. The van der Waals surface area contributed by atoms with Gasteiger partial charge in [0.2, 0.25) is 0 Å². The molecule has 76 valence electrons. The first kappa shape index (κ1) is 9.57. The van der Waals surface area contributed by atoms with Crippen LogP contribution in [-0.2, 0) is 0 Å². The van der Waals surface area contributed by atoms with Gasteiger partial charge in [0.15, 0.2) is 0 Å². The zero-order valence-electron chi connectivity index (χ0n) is 9.09. The van der Waals surface area contributed by atoms with Crippen LogP contribution in [0.15, 0.2) is 24.3 Å². The lowest BCUT2D eigenvalue weighted by Crippen LogP contribution is -2.15. The van der Waals surface area contributed by atoms with Crippen LogP contribution >= 0.6 is 0 Å². The zero-order chi connectivity index (χ0) is 9.97. The van der Waals surface area contributed by atoms with Crippen LogP contribution in [0.25, 0.3) is 0 Å². The molecule has 1 fully saturated rings. The van der Waals surface area contributed by atoms with Gasteiger partial charge in [-0.3, -0.25) is 0 Å². The number of aryl methyl sites for hydroxylation is 1. The summed E-state index contributed by atoms with van der Waals surface area (Å²) in [6, 6.07) is 9.25.